The van der Waals surface area contributed by atoms with E-state index >= 15 is 0 Å². The van der Waals surface area contributed by atoms with Gasteiger partial charge in [-0.1, -0.05) is 45.9 Å². The molecule has 7 nitrogen and oxygen atoms in total. The number of aromatic nitrogens is 1. The third kappa shape index (κ3) is 5.15. The van der Waals surface area contributed by atoms with Gasteiger partial charge < -0.3 is 21.1 Å². The average Bonchev–Trinajstić information content (AvgIpc) is 3.38. The number of thioether (sulfide) groups is 1. The summed E-state index contributed by atoms with van der Waals surface area (Å²) in [5.74, 6) is -1.74. The largest absolute Gasteiger partial charge is 0.480 e. The van der Waals surface area contributed by atoms with Crippen molar-refractivity contribution in [1.29, 1.82) is 0 Å². The van der Waals surface area contributed by atoms with Gasteiger partial charge in [0.25, 0.3) is 0 Å². The molecule has 3 aromatic rings. The number of carboxylic acids is 1. The first kappa shape index (κ1) is 24.3. The Morgan fingerprint density at radius 2 is 2.09 bits per heavy atom. The molecule has 4 rings (SSSR count). The van der Waals surface area contributed by atoms with Gasteiger partial charge in [0.15, 0.2) is 5.12 Å². The number of anilines is 1. The minimum atomic E-state index is -1.11. The van der Waals surface area contributed by atoms with Gasteiger partial charge in [-0.3, -0.25) is 9.59 Å². The highest BCUT2D eigenvalue weighted by Crippen LogP contribution is 2.41. The van der Waals surface area contributed by atoms with Crippen LogP contribution in [0.2, 0.25) is 0 Å². The lowest BCUT2D eigenvalue weighted by molar-refractivity contribution is -0.142. The van der Waals surface area contributed by atoms with Crippen LogP contribution in [0.1, 0.15) is 36.0 Å². The molecule has 0 saturated heterocycles. The van der Waals surface area contributed by atoms with E-state index in [9.17, 15) is 19.5 Å². The number of carboxylic acid groups (broad SMARTS) is 1. The summed E-state index contributed by atoms with van der Waals surface area (Å²) < 4.78 is 0.983. The summed E-state index contributed by atoms with van der Waals surface area (Å²) >= 11 is 4.60. The Morgan fingerprint density at radius 1 is 1.29 bits per heavy atom. The van der Waals surface area contributed by atoms with E-state index in [1.165, 1.54) is 12.5 Å². The fraction of sp³-hybridized carbons (Fsp3) is 0.320. The first-order chi connectivity index (χ1) is 16.2. The Bertz CT molecular complexity index is 1260. The molecule has 1 heterocycles. The normalized spacial score (nSPS) is 16.7. The number of fused-ring (bicyclic) bond motifs is 2. The van der Waals surface area contributed by atoms with Crippen LogP contribution >= 0.6 is 27.7 Å². The summed E-state index contributed by atoms with van der Waals surface area (Å²) in [6.07, 6.45) is 3.47. The number of H-pyrrole nitrogens is 1. The van der Waals surface area contributed by atoms with Gasteiger partial charge in [-0.2, -0.15) is 0 Å². The van der Waals surface area contributed by atoms with Gasteiger partial charge in [-0.25, -0.2) is 4.79 Å². The van der Waals surface area contributed by atoms with Crippen LogP contribution < -0.4 is 11.1 Å². The number of para-hydroxylation sites is 1. The van der Waals surface area contributed by atoms with Crippen LogP contribution in [-0.2, 0) is 27.2 Å². The molecule has 5 N–H and O–H groups in total. The maximum absolute atomic E-state index is 13.4. The molecule has 1 aliphatic carbocycles. The Morgan fingerprint density at radius 3 is 2.82 bits per heavy atom. The smallest absolute Gasteiger partial charge is 0.326 e. The van der Waals surface area contributed by atoms with Gasteiger partial charge in [0.1, 0.15) is 6.04 Å². The quantitative estimate of drug-likeness (QED) is 0.314. The molecule has 2 aromatic carbocycles. The van der Waals surface area contributed by atoms with Crippen LogP contribution in [0.5, 0.6) is 0 Å². The van der Waals surface area contributed by atoms with Crippen molar-refractivity contribution in [3.63, 3.8) is 0 Å². The van der Waals surface area contributed by atoms with Crippen LogP contribution in [0.4, 0.5) is 5.69 Å². The number of halogens is 1. The van der Waals surface area contributed by atoms with Gasteiger partial charge >= 0.3 is 5.97 Å². The Kier molecular flexibility index (Phi) is 7.33. The van der Waals surface area contributed by atoms with Crippen LogP contribution in [0.25, 0.3) is 10.9 Å². The van der Waals surface area contributed by atoms with Gasteiger partial charge in [0.05, 0.1) is 17.1 Å². The van der Waals surface area contributed by atoms with Crippen LogP contribution in [0.3, 0.4) is 0 Å². The number of aryl methyl sites for hydroxylation is 1. The van der Waals surface area contributed by atoms with Crippen molar-refractivity contribution in [2.24, 2.45) is 5.92 Å². The number of carbonyl (C=O) groups excluding carboxylic acids is 2. The lowest BCUT2D eigenvalue weighted by Gasteiger charge is -2.25. The summed E-state index contributed by atoms with van der Waals surface area (Å²) in [7, 11) is 0. The number of rotatable bonds is 8. The summed E-state index contributed by atoms with van der Waals surface area (Å²) in [6, 6.07) is 10.4. The molecule has 178 valence electrons. The standard InChI is InChI=1S/C25H26BrN3O4S/c1-13(30)34-12-20(19-7-5-14-9-16(26)6-8-17(14)19)24(31)29-22(25(32)33)10-15-11-28-23-18(15)3-2-4-21(23)27/h2-4,6,8-9,11,19-20,22,28H,5,7,10,12,27H2,1H3,(H,29,31)(H,32,33)/t19-,20-,22-/m0/s1. The third-order valence-electron chi connectivity index (χ3n) is 6.39. The highest BCUT2D eigenvalue weighted by atomic mass is 79.9. The minimum Gasteiger partial charge on any atom is -0.480 e. The molecule has 34 heavy (non-hydrogen) atoms. The average molecular weight is 544 g/mol. The first-order valence-corrected chi connectivity index (χ1v) is 12.8. The number of nitrogens with one attached hydrogen (secondary N) is 2. The maximum Gasteiger partial charge on any atom is 0.326 e. The SMILES string of the molecule is CC(=O)SC[C@H](C(=O)N[C@@H](Cc1c[nH]c2c(N)cccc12)C(=O)O)[C@H]1CCc2cc(Br)ccc21. The zero-order chi connectivity index (χ0) is 24.4. The topological polar surface area (TPSA) is 125 Å². The fourth-order valence-electron chi connectivity index (χ4n) is 4.72. The van der Waals surface area contributed by atoms with Crippen LogP contribution in [-0.4, -0.2) is 38.9 Å². The molecule has 0 fully saturated rings. The van der Waals surface area contributed by atoms with E-state index in [1.807, 2.05) is 24.3 Å². The van der Waals surface area contributed by atoms with Crippen molar-refractivity contribution < 1.29 is 19.5 Å². The third-order valence-corrected chi connectivity index (χ3v) is 7.82. The number of nitrogen functional groups attached to an aromatic ring is 1. The van der Waals surface area contributed by atoms with E-state index in [-0.39, 0.29) is 23.4 Å². The van der Waals surface area contributed by atoms with Gasteiger partial charge in [-0.15, -0.1) is 0 Å². The van der Waals surface area contributed by atoms with E-state index in [0.29, 0.717) is 11.4 Å². The number of hydrogen-bond acceptors (Lipinski definition) is 5. The summed E-state index contributed by atoms with van der Waals surface area (Å²) in [6.45, 7) is 1.47. The number of nitrogens with two attached hydrogens (primary N) is 1. The van der Waals surface area contributed by atoms with Crippen molar-refractivity contribution in [1.82, 2.24) is 10.3 Å². The predicted octanol–water partition coefficient (Wildman–Crippen LogP) is 4.25. The summed E-state index contributed by atoms with van der Waals surface area (Å²) in [4.78, 5) is 40.3. The van der Waals surface area contributed by atoms with Crippen molar-refractivity contribution >= 4 is 61.3 Å². The van der Waals surface area contributed by atoms with Crippen molar-refractivity contribution in [3.8, 4) is 0 Å². The molecule has 0 saturated carbocycles. The molecule has 0 spiro atoms. The molecule has 0 bridgehead atoms. The minimum absolute atomic E-state index is 0.0713. The Hall–Kier alpha value is -2.78. The molecule has 3 atom stereocenters. The zero-order valence-electron chi connectivity index (χ0n) is 18.6. The molecule has 1 amide bonds. The molecule has 1 aliphatic rings. The second kappa shape index (κ2) is 10.2. The lowest BCUT2D eigenvalue weighted by atomic mass is 9.87. The van der Waals surface area contributed by atoms with E-state index < -0.39 is 17.9 Å². The lowest BCUT2D eigenvalue weighted by Crippen LogP contribution is -2.46. The van der Waals surface area contributed by atoms with Crippen molar-refractivity contribution in [2.75, 3.05) is 11.5 Å². The number of hydrogen-bond donors (Lipinski definition) is 4. The van der Waals surface area contributed by atoms with Gasteiger partial charge in [0, 0.05) is 35.2 Å². The number of benzene rings is 2. The molecule has 0 aliphatic heterocycles. The number of amides is 1. The zero-order valence-corrected chi connectivity index (χ0v) is 21.0. The van der Waals surface area contributed by atoms with Crippen LogP contribution in [0, 0.1) is 5.92 Å². The summed E-state index contributed by atoms with van der Waals surface area (Å²) in [5, 5.41) is 13.4. The molecule has 0 unspecified atom stereocenters. The molecule has 9 heteroatoms. The second-order valence-electron chi connectivity index (χ2n) is 8.58. The van der Waals surface area contributed by atoms with Gasteiger partial charge in [0.2, 0.25) is 5.91 Å². The van der Waals surface area contributed by atoms with Gasteiger partial charge in [-0.05, 0) is 53.6 Å². The molecule has 1 aromatic heterocycles. The monoisotopic (exact) mass is 543 g/mol. The number of aromatic amines is 1. The molecular formula is C25H26BrN3O4S. The second-order valence-corrected chi connectivity index (χ2v) is 10.7. The highest BCUT2D eigenvalue weighted by molar-refractivity contribution is 9.10. The Balaban J connectivity index is 1.57. The number of aliphatic carboxylic acids is 1. The van der Waals surface area contributed by atoms with E-state index in [0.717, 1.165) is 51.1 Å². The highest BCUT2D eigenvalue weighted by Gasteiger charge is 2.36. The Labute approximate surface area is 210 Å². The maximum atomic E-state index is 13.4. The van der Waals surface area contributed by atoms with Crippen molar-refractivity contribution in [3.05, 3.63) is 63.8 Å². The fourth-order valence-corrected chi connectivity index (χ4v) is 5.93. The summed E-state index contributed by atoms with van der Waals surface area (Å²) in [5.41, 5.74) is 10.4. The van der Waals surface area contributed by atoms with E-state index in [4.69, 9.17) is 5.73 Å². The van der Waals surface area contributed by atoms with Crippen LogP contribution in [0.15, 0.2) is 47.1 Å². The molecule has 0 radical (unpaired) electrons. The first-order valence-electron chi connectivity index (χ1n) is 11.0. The van der Waals surface area contributed by atoms with Crippen molar-refractivity contribution in [2.45, 2.75) is 38.1 Å². The van der Waals surface area contributed by atoms with E-state index in [1.54, 1.807) is 12.3 Å². The molecular weight excluding hydrogens is 518 g/mol. The van der Waals surface area contributed by atoms with E-state index in [2.05, 4.69) is 32.3 Å². The number of carbonyl (C=O) groups is 3. The predicted molar refractivity (Wildman–Crippen MR) is 138 cm³/mol.